The van der Waals surface area contributed by atoms with Crippen molar-refractivity contribution in [3.8, 4) is 0 Å². The second-order valence-corrected chi connectivity index (χ2v) is 6.74. The SMILES string of the molecule is Cc1cnn([C@@H]2CCCN(C(=O)[C@H](C)n3c(C)ccc3C)C2)c1. The highest BCUT2D eigenvalue weighted by Crippen LogP contribution is 2.25. The Balaban J connectivity index is 1.74. The molecule has 1 aliphatic rings. The van der Waals surface area contributed by atoms with Crippen LogP contribution in [0.3, 0.4) is 0 Å². The molecule has 0 N–H and O–H groups in total. The fourth-order valence-electron chi connectivity index (χ4n) is 3.67. The highest BCUT2D eigenvalue weighted by molar-refractivity contribution is 5.80. The molecule has 0 unspecified atom stereocenters. The van der Waals surface area contributed by atoms with Gasteiger partial charge in [-0.15, -0.1) is 0 Å². The molecule has 1 aliphatic heterocycles. The molecule has 1 fully saturated rings. The van der Waals surface area contributed by atoms with Crippen molar-refractivity contribution < 1.29 is 4.79 Å². The first-order chi connectivity index (χ1) is 11.0. The zero-order chi connectivity index (χ0) is 16.6. The van der Waals surface area contributed by atoms with Crippen molar-refractivity contribution in [2.45, 2.75) is 52.6 Å². The maximum Gasteiger partial charge on any atom is 0.245 e. The average molecular weight is 314 g/mol. The van der Waals surface area contributed by atoms with Gasteiger partial charge < -0.3 is 9.47 Å². The minimum atomic E-state index is -0.150. The highest BCUT2D eigenvalue weighted by atomic mass is 16.2. The first kappa shape index (κ1) is 15.8. The maximum absolute atomic E-state index is 13.0. The topological polar surface area (TPSA) is 43.1 Å². The summed E-state index contributed by atoms with van der Waals surface area (Å²) < 4.78 is 4.15. The van der Waals surface area contributed by atoms with Gasteiger partial charge in [0.25, 0.3) is 0 Å². The molecule has 0 spiro atoms. The minimum Gasteiger partial charge on any atom is -0.339 e. The third-order valence-corrected chi connectivity index (χ3v) is 4.88. The summed E-state index contributed by atoms with van der Waals surface area (Å²) in [6, 6.07) is 4.29. The molecule has 1 saturated heterocycles. The number of hydrogen-bond donors (Lipinski definition) is 0. The summed E-state index contributed by atoms with van der Waals surface area (Å²) in [5.41, 5.74) is 3.44. The van der Waals surface area contributed by atoms with Gasteiger partial charge >= 0.3 is 0 Å². The van der Waals surface area contributed by atoms with Gasteiger partial charge in [0.05, 0.1) is 12.2 Å². The molecule has 3 rings (SSSR count). The first-order valence-corrected chi connectivity index (χ1v) is 8.41. The van der Waals surface area contributed by atoms with Gasteiger partial charge in [0.1, 0.15) is 6.04 Å². The zero-order valence-corrected chi connectivity index (χ0v) is 14.5. The Labute approximate surface area is 137 Å². The maximum atomic E-state index is 13.0. The van der Waals surface area contributed by atoms with E-state index in [2.05, 4.69) is 48.8 Å². The predicted molar refractivity (Wildman–Crippen MR) is 90.4 cm³/mol. The number of amides is 1. The van der Waals surface area contributed by atoms with Crippen LogP contribution in [0.2, 0.25) is 0 Å². The van der Waals surface area contributed by atoms with Gasteiger partial charge in [-0.2, -0.15) is 5.10 Å². The molecule has 2 atom stereocenters. The quantitative estimate of drug-likeness (QED) is 0.874. The van der Waals surface area contributed by atoms with E-state index in [4.69, 9.17) is 0 Å². The van der Waals surface area contributed by atoms with Crippen LogP contribution in [0.1, 0.15) is 48.8 Å². The van der Waals surface area contributed by atoms with Gasteiger partial charge in [-0.25, -0.2) is 0 Å². The first-order valence-electron chi connectivity index (χ1n) is 8.41. The van der Waals surface area contributed by atoms with E-state index in [0.29, 0.717) is 6.04 Å². The Morgan fingerprint density at radius 1 is 1.26 bits per heavy atom. The minimum absolute atomic E-state index is 0.150. The number of rotatable bonds is 3. The Morgan fingerprint density at radius 2 is 1.96 bits per heavy atom. The summed E-state index contributed by atoms with van der Waals surface area (Å²) in [6.07, 6.45) is 6.07. The van der Waals surface area contributed by atoms with E-state index in [-0.39, 0.29) is 11.9 Å². The van der Waals surface area contributed by atoms with Crippen LogP contribution < -0.4 is 0 Å². The number of likely N-dealkylation sites (tertiary alicyclic amines) is 1. The molecule has 5 nitrogen and oxygen atoms in total. The molecule has 3 heterocycles. The van der Waals surface area contributed by atoms with Crippen LogP contribution in [0.4, 0.5) is 0 Å². The van der Waals surface area contributed by atoms with Gasteiger partial charge in [-0.1, -0.05) is 0 Å². The Bertz CT molecular complexity index is 680. The number of hydrogen-bond acceptors (Lipinski definition) is 2. The van der Waals surface area contributed by atoms with Crippen LogP contribution in [0, 0.1) is 20.8 Å². The number of nitrogens with zero attached hydrogens (tertiary/aromatic N) is 4. The van der Waals surface area contributed by atoms with Crippen molar-refractivity contribution in [3.05, 3.63) is 41.5 Å². The summed E-state index contributed by atoms with van der Waals surface area (Å²) in [5.74, 6) is 0.209. The van der Waals surface area contributed by atoms with Gasteiger partial charge in [0.15, 0.2) is 0 Å². The summed E-state index contributed by atoms with van der Waals surface area (Å²) >= 11 is 0. The number of carbonyl (C=O) groups is 1. The molecule has 0 radical (unpaired) electrons. The second kappa shape index (κ2) is 6.22. The van der Waals surface area contributed by atoms with Gasteiger partial charge in [-0.05, 0) is 58.2 Å². The zero-order valence-electron chi connectivity index (χ0n) is 14.5. The monoisotopic (exact) mass is 314 g/mol. The van der Waals surface area contributed by atoms with Gasteiger partial charge in [-0.3, -0.25) is 9.48 Å². The fourth-order valence-corrected chi connectivity index (χ4v) is 3.67. The van der Waals surface area contributed by atoms with Gasteiger partial charge in [0, 0.05) is 30.7 Å². The number of aryl methyl sites for hydroxylation is 3. The second-order valence-electron chi connectivity index (χ2n) is 6.74. The molecular formula is C18H26N4O. The largest absolute Gasteiger partial charge is 0.339 e. The molecule has 23 heavy (non-hydrogen) atoms. The molecule has 0 aromatic carbocycles. The van der Waals surface area contributed by atoms with E-state index in [1.807, 2.05) is 22.7 Å². The van der Waals surface area contributed by atoms with Crippen LogP contribution >= 0.6 is 0 Å². The molecule has 2 aromatic heterocycles. The summed E-state index contributed by atoms with van der Waals surface area (Å²) in [7, 11) is 0. The molecule has 0 aliphatic carbocycles. The molecule has 0 saturated carbocycles. The van der Waals surface area contributed by atoms with Crippen LogP contribution in [0.25, 0.3) is 0 Å². The third kappa shape index (κ3) is 3.05. The Hall–Kier alpha value is -2.04. The smallest absolute Gasteiger partial charge is 0.245 e. The van der Waals surface area contributed by atoms with E-state index in [1.54, 1.807) is 0 Å². The lowest BCUT2D eigenvalue weighted by Crippen LogP contribution is -2.43. The molecule has 124 valence electrons. The van der Waals surface area contributed by atoms with E-state index >= 15 is 0 Å². The van der Waals surface area contributed by atoms with E-state index in [1.165, 1.54) is 5.56 Å². The lowest BCUT2D eigenvalue weighted by Gasteiger charge is -2.35. The summed E-state index contributed by atoms with van der Waals surface area (Å²) in [4.78, 5) is 15.0. The van der Waals surface area contributed by atoms with Crippen LogP contribution in [0.15, 0.2) is 24.5 Å². The summed E-state index contributed by atoms with van der Waals surface area (Å²) in [6.45, 7) is 9.77. The lowest BCUT2D eigenvalue weighted by molar-refractivity contribution is -0.136. The van der Waals surface area contributed by atoms with Crippen molar-refractivity contribution in [1.82, 2.24) is 19.2 Å². The highest BCUT2D eigenvalue weighted by Gasteiger charge is 2.29. The van der Waals surface area contributed by atoms with Crippen LogP contribution in [-0.4, -0.2) is 38.2 Å². The average Bonchev–Trinajstić information content (AvgIpc) is 3.12. The van der Waals surface area contributed by atoms with Crippen LogP contribution in [-0.2, 0) is 4.79 Å². The fraction of sp³-hybridized carbons (Fsp3) is 0.556. The number of carbonyl (C=O) groups excluding carboxylic acids is 1. The number of piperidine rings is 1. The van der Waals surface area contributed by atoms with Crippen molar-refractivity contribution in [2.24, 2.45) is 0 Å². The Kier molecular flexibility index (Phi) is 4.28. The normalized spacial score (nSPS) is 19.8. The summed E-state index contributed by atoms with van der Waals surface area (Å²) in [5, 5.41) is 4.43. The molecule has 1 amide bonds. The van der Waals surface area contributed by atoms with E-state index in [9.17, 15) is 4.79 Å². The van der Waals surface area contributed by atoms with Crippen molar-refractivity contribution in [2.75, 3.05) is 13.1 Å². The van der Waals surface area contributed by atoms with E-state index in [0.717, 1.165) is 37.3 Å². The predicted octanol–water partition coefficient (Wildman–Crippen LogP) is 3.03. The molecule has 0 bridgehead atoms. The van der Waals surface area contributed by atoms with E-state index < -0.39 is 0 Å². The molecular weight excluding hydrogens is 288 g/mol. The van der Waals surface area contributed by atoms with Crippen LogP contribution in [0.5, 0.6) is 0 Å². The number of aromatic nitrogens is 3. The van der Waals surface area contributed by atoms with Crippen molar-refractivity contribution >= 4 is 5.91 Å². The van der Waals surface area contributed by atoms with Crippen molar-refractivity contribution in [3.63, 3.8) is 0 Å². The lowest BCUT2D eigenvalue weighted by atomic mass is 10.0. The molecule has 5 heteroatoms. The molecule has 2 aromatic rings. The van der Waals surface area contributed by atoms with Gasteiger partial charge in [0.2, 0.25) is 5.91 Å². The third-order valence-electron chi connectivity index (χ3n) is 4.88. The Morgan fingerprint density at radius 3 is 2.57 bits per heavy atom. The van der Waals surface area contributed by atoms with Crippen molar-refractivity contribution in [1.29, 1.82) is 0 Å². The standard InChI is InChI=1S/C18H26N4O/c1-13-10-19-21(11-13)17-6-5-9-20(12-17)18(23)16(4)22-14(2)7-8-15(22)3/h7-8,10-11,16-17H,5-6,9,12H2,1-4H3/t16-,17+/m0/s1.